The fraction of sp³-hybridized carbons (Fsp3) is 0.500. The van der Waals surface area contributed by atoms with E-state index in [0.717, 1.165) is 23.8 Å². The lowest BCUT2D eigenvalue weighted by atomic mass is 10.1. The third-order valence-corrected chi connectivity index (χ3v) is 7.53. The van der Waals surface area contributed by atoms with E-state index in [9.17, 15) is 18.0 Å². The number of hydrogen-bond donors (Lipinski definition) is 1. The fourth-order valence-corrected chi connectivity index (χ4v) is 5.09. The Hall–Kier alpha value is -3.07. The number of sulfonamides is 1. The van der Waals surface area contributed by atoms with Crippen LogP contribution in [0.1, 0.15) is 57.6 Å². The van der Waals surface area contributed by atoms with E-state index in [1.54, 1.807) is 36.3 Å². The Labute approximate surface area is 222 Å². The van der Waals surface area contributed by atoms with Crippen molar-refractivity contribution < 1.29 is 22.7 Å². The van der Waals surface area contributed by atoms with E-state index in [2.05, 4.69) is 5.32 Å². The van der Waals surface area contributed by atoms with Gasteiger partial charge in [-0.1, -0.05) is 43.7 Å². The molecule has 2 aromatic carbocycles. The van der Waals surface area contributed by atoms with Crippen molar-refractivity contribution in [2.45, 2.75) is 72.0 Å². The molecule has 0 heterocycles. The van der Waals surface area contributed by atoms with Crippen LogP contribution in [0.4, 0.5) is 5.69 Å². The van der Waals surface area contributed by atoms with E-state index in [4.69, 9.17) is 4.74 Å². The van der Waals surface area contributed by atoms with Crippen molar-refractivity contribution in [1.29, 1.82) is 0 Å². The van der Waals surface area contributed by atoms with Gasteiger partial charge in [-0.05, 0) is 62.9 Å². The zero-order chi connectivity index (χ0) is 27.6. The van der Waals surface area contributed by atoms with Gasteiger partial charge < -0.3 is 15.0 Å². The average molecular weight is 532 g/mol. The highest BCUT2D eigenvalue weighted by molar-refractivity contribution is 7.92. The minimum absolute atomic E-state index is 0.00490. The molecule has 0 fully saturated rings. The van der Waals surface area contributed by atoms with Crippen LogP contribution in [0, 0.1) is 6.92 Å². The Morgan fingerprint density at radius 3 is 2.27 bits per heavy atom. The highest BCUT2D eigenvalue weighted by Gasteiger charge is 2.29. The van der Waals surface area contributed by atoms with Crippen molar-refractivity contribution in [2.75, 3.05) is 24.2 Å². The lowest BCUT2D eigenvalue weighted by Crippen LogP contribution is -2.50. The lowest BCUT2D eigenvalue weighted by molar-refractivity contribution is -0.141. The van der Waals surface area contributed by atoms with Gasteiger partial charge in [0.15, 0.2) is 0 Å². The summed E-state index contributed by atoms with van der Waals surface area (Å²) < 4.78 is 31.4. The number of hydrogen-bond acceptors (Lipinski definition) is 5. The van der Waals surface area contributed by atoms with Gasteiger partial charge in [-0.25, -0.2) is 8.42 Å². The molecule has 204 valence electrons. The molecule has 0 spiro atoms. The Kier molecular flexibility index (Phi) is 11.4. The summed E-state index contributed by atoms with van der Waals surface area (Å²) >= 11 is 0. The zero-order valence-electron chi connectivity index (χ0n) is 22.9. The minimum atomic E-state index is -3.56. The molecule has 1 N–H and O–H groups in total. The van der Waals surface area contributed by atoms with Crippen LogP contribution in [0.25, 0.3) is 0 Å². The van der Waals surface area contributed by atoms with Gasteiger partial charge >= 0.3 is 0 Å². The fourth-order valence-electron chi connectivity index (χ4n) is 4.12. The van der Waals surface area contributed by atoms with Gasteiger partial charge in [-0.3, -0.25) is 13.9 Å². The molecule has 37 heavy (non-hydrogen) atoms. The molecule has 2 aromatic rings. The lowest BCUT2D eigenvalue weighted by Gasteiger charge is -2.32. The Morgan fingerprint density at radius 2 is 1.73 bits per heavy atom. The molecule has 0 unspecified atom stereocenters. The van der Waals surface area contributed by atoms with Crippen LogP contribution >= 0.6 is 0 Å². The number of nitrogens with zero attached hydrogens (tertiary/aromatic N) is 2. The number of benzene rings is 2. The van der Waals surface area contributed by atoms with Crippen LogP contribution in [0.2, 0.25) is 0 Å². The van der Waals surface area contributed by atoms with Crippen molar-refractivity contribution in [3.63, 3.8) is 0 Å². The summed E-state index contributed by atoms with van der Waals surface area (Å²) in [5, 5.41) is 3.01. The van der Waals surface area contributed by atoms with Crippen LogP contribution < -0.4 is 14.4 Å². The van der Waals surface area contributed by atoms with Crippen molar-refractivity contribution >= 4 is 27.5 Å². The number of anilines is 1. The van der Waals surface area contributed by atoms with Gasteiger partial charge in [0.25, 0.3) is 0 Å². The maximum absolute atomic E-state index is 13.5. The van der Waals surface area contributed by atoms with Crippen LogP contribution in [-0.2, 0) is 26.2 Å². The van der Waals surface area contributed by atoms with Crippen LogP contribution in [0.3, 0.4) is 0 Å². The van der Waals surface area contributed by atoms with Gasteiger partial charge in [-0.15, -0.1) is 0 Å². The molecule has 2 rings (SSSR count). The normalized spacial score (nSPS) is 12.9. The van der Waals surface area contributed by atoms with Gasteiger partial charge in [0.2, 0.25) is 21.8 Å². The van der Waals surface area contributed by atoms with E-state index < -0.39 is 16.1 Å². The molecule has 0 aliphatic rings. The number of rotatable bonds is 14. The molecule has 8 nitrogen and oxygen atoms in total. The third-order valence-electron chi connectivity index (χ3n) is 6.33. The summed E-state index contributed by atoms with van der Waals surface area (Å²) in [7, 11) is -2.01. The number of carbonyl (C=O) groups is 2. The number of carbonyl (C=O) groups excluding carboxylic acids is 2. The van der Waals surface area contributed by atoms with Gasteiger partial charge in [0.1, 0.15) is 11.8 Å². The molecule has 0 bridgehead atoms. The highest BCUT2D eigenvalue weighted by atomic mass is 32.2. The first-order chi connectivity index (χ1) is 17.5. The first kappa shape index (κ1) is 30.2. The molecule has 9 heteroatoms. The summed E-state index contributed by atoms with van der Waals surface area (Å²) in [6.07, 6.45) is 2.84. The molecular weight excluding hydrogens is 490 g/mol. The van der Waals surface area contributed by atoms with Gasteiger partial charge in [-0.2, -0.15) is 0 Å². The maximum atomic E-state index is 13.5. The molecule has 2 atom stereocenters. The van der Waals surface area contributed by atoms with E-state index >= 15 is 0 Å². The predicted octanol–water partition coefficient (Wildman–Crippen LogP) is 4.27. The van der Waals surface area contributed by atoms with E-state index in [1.807, 2.05) is 52.0 Å². The topological polar surface area (TPSA) is 96.0 Å². The van der Waals surface area contributed by atoms with E-state index in [0.29, 0.717) is 30.8 Å². The second-order valence-electron chi connectivity index (χ2n) is 9.39. The molecule has 0 aromatic heterocycles. The SMILES string of the molecule is CC[C@@H](C)NC(=O)[C@H](CC)N(Cc1cccc(C)c1)C(=O)CCCN(c1ccc(OC)cc1)S(C)(=O)=O. The molecule has 0 aliphatic heterocycles. The maximum Gasteiger partial charge on any atom is 0.243 e. The van der Waals surface area contributed by atoms with Crippen molar-refractivity contribution in [1.82, 2.24) is 10.2 Å². The van der Waals surface area contributed by atoms with Crippen LogP contribution in [-0.4, -0.2) is 57.1 Å². The summed E-state index contributed by atoms with van der Waals surface area (Å²) in [6.45, 7) is 8.27. The standard InChI is InChI=1S/C28H41N3O5S/c1-7-22(4)29-28(33)26(8-2)30(20-23-12-9-11-21(3)19-23)27(32)13-10-18-31(37(6,34)35)24-14-16-25(36-5)17-15-24/h9,11-12,14-17,19,22,26H,7-8,10,13,18,20H2,1-6H3,(H,29,33)/t22-,26+/m1/s1. The quantitative estimate of drug-likeness (QED) is 0.393. The summed E-state index contributed by atoms with van der Waals surface area (Å²) in [5.41, 5.74) is 2.52. The third kappa shape index (κ3) is 9.07. The first-order valence-corrected chi connectivity index (χ1v) is 14.6. The second kappa shape index (κ2) is 14.0. The summed E-state index contributed by atoms with van der Waals surface area (Å²) in [5.74, 6) is 0.269. The largest absolute Gasteiger partial charge is 0.497 e. The monoisotopic (exact) mass is 531 g/mol. The molecule has 0 radical (unpaired) electrons. The highest BCUT2D eigenvalue weighted by Crippen LogP contribution is 2.22. The predicted molar refractivity (Wildman–Crippen MR) is 148 cm³/mol. The molecule has 2 amide bonds. The van der Waals surface area contributed by atoms with Crippen molar-refractivity contribution in [3.8, 4) is 5.75 Å². The number of nitrogens with one attached hydrogen (secondary N) is 1. The summed E-state index contributed by atoms with van der Waals surface area (Å²) in [4.78, 5) is 28.2. The average Bonchev–Trinajstić information content (AvgIpc) is 2.85. The Bertz CT molecular complexity index is 1130. The minimum Gasteiger partial charge on any atom is -0.497 e. The first-order valence-electron chi connectivity index (χ1n) is 12.8. The van der Waals surface area contributed by atoms with E-state index in [-0.39, 0.29) is 30.8 Å². The molecule has 0 aliphatic carbocycles. The summed E-state index contributed by atoms with van der Waals surface area (Å²) in [6, 6.07) is 14.0. The van der Waals surface area contributed by atoms with Crippen LogP contribution in [0.15, 0.2) is 48.5 Å². The van der Waals surface area contributed by atoms with Crippen molar-refractivity contribution in [3.05, 3.63) is 59.7 Å². The molecule has 0 saturated heterocycles. The van der Waals surface area contributed by atoms with E-state index in [1.165, 1.54) is 4.31 Å². The number of aryl methyl sites for hydroxylation is 1. The smallest absolute Gasteiger partial charge is 0.243 e. The van der Waals surface area contributed by atoms with Crippen LogP contribution in [0.5, 0.6) is 5.75 Å². The number of methoxy groups -OCH3 is 1. The molecule has 0 saturated carbocycles. The Morgan fingerprint density at radius 1 is 1.05 bits per heavy atom. The number of amides is 2. The molecular formula is C28H41N3O5S. The number of ether oxygens (including phenoxy) is 1. The van der Waals surface area contributed by atoms with Gasteiger partial charge in [0, 0.05) is 25.6 Å². The van der Waals surface area contributed by atoms with Crippen molar-refractivity contribution in [2.24, 2.45) is 0 Å². The Balaban J connectivity index is 2.22. The zero-order valence-corrected chi connectivity index (χ0v) is 23.7. The van der Waals surface area contributed by atoms with Gasteiger partial charge in [0.05, 0.1) is 19.1 Å². The second-order valence-corrected chi connectivity index (χ2v) is 11.3.